The SMILES string of the molecule is COc1cccc(NC(=O)N[C@@H]2CCN(c3cc(C)cc(C)c3)C2=O)c1. The van der Waals surface area contributed by atoms with Crippen molar-refractivity contribution in [2.45, 2.75) is 26.3 Å². The van der Waals surface area contributed by atoms with Crippen LogP contribution in [0.25, 0.3) is 0 Å². The van der Waals surface area contributed by atoms with Gasteiger partial charge in [-0.1, -0.05) is 12.1 Å². The highest BCUT2D eigenvalue weighted by Crippen LogP contribution is 2.24. The number of carbonyl (C=O) groups excluding carboxylic acids is 2. The third-order valence-corrected chi connectivity index (χ3v) is 4.36. The predicted molar refractivity (Wildman–Crippen MR) is 102 cm³/mol. The molecule has 3 rings (SSSR count). The summed E-state index contributed by atoms with van der Waals surface area (Å²) in [6.45, 7) is 4.61. The van der Waals surface area contributed by atoms with Crippen LogP contribution < -0.4 is 20.3 Å². The molecule has 1 heterocycles. The molecule has 2 aromatic carbocycles. The smallest absolute Gasteiger partial charge is 0.319 e. The van der Waals surface area contributed by atoms with Crippen LogP contribution in [0, 0.1) is 13.8 Å². The molecular weight excluding hydrogens is 330 g/mol. The number of aryl methyl sites for hydroxylation is 2. The first-order chi connectivity index (χ1) is 12.5. The second kappa shape index (κ2) is 7.47. The molecule has 0 spiro atoms. The van der Waals surface area contributed by atoms with E-state index in [0.717, 1.165) is 16.8 Å². The Kier molecular flexibility index (Phi) is 5.11. The maximum atomic E-state index is 12.7. The standard InChI is InChI=1S/C20H23N3O3/c1-13-9-14(2)11-16(10-13)23-8-7-18(19(23)24)22-20(25)21-15-5-4-6-17(12-15)26-3/h4-6,9-12,18H,7-8H2,1-3H3,(H2,21,22,25)/t18-/m1/s1. The Morgan fingerprint density at radius 3 is 2.58 bits per heavy atom. The van der Waals surface area contributed by atoms with Crippen molar-refractivity contribution in [1.82, 2.24) is 5.32 Å². The van der Waals surface area contributed by atoms with Crippen LogP contribution in [0.4, 0.5) is 16.2 Å². The third-order valence-electron chi connectivity index (χ3n) is 4.36. The second-order valence-electron chi connectivity index (χ2n) is 6.51. The van der Waals surface area contributed by atoms with Crippen molar-refractivity contribution in [3.05, 3.63) is 53.6 Å². The summed E-state index contributed by atoms with van der Waals surface area (Å²) in [5.74, 6) is 0.566. The van der Waals surface area contributed by atoms with Crippen LogP contribution in [0.3, 0.4) is 0 Å². The molecule has 1 saturated heterocycles. The van der Waals surface area contributed by atoms with Gasteiger partial charge in [0.05, 0.1) is 7.11 Å². The lowest BCUT2D eigenvalue weighted by Crippen LogP contribution is -2.43. The summed E-state index contributed by atoms with van der Waals surface area (Å²) < 4.78 is 5.14. The molecule has 0 saturated carbocycles. The summed E-state index contributed by atoms with van der Waals surface area (Å²) in [5, 5.41) is 5.50. The maximum absolute atomic E-state index is 12.7. The predicted octanol–water partition coefficient (Wildman–Crippen LogP) is 3.24. The van der Waals surface area contributed by atoms with Gasteiger partial charge in [-0.25, -0.2) is 4.79 Å². The largest absolute Gasteiger partial charge is 0.497 e. The Labute approximate surface area is 153 Å². The Balaban J connectivity index is 1.63. The Hall–Kier alpha value is -3.02. The average molecular weight is 353 g/mol. The summed E-state index contributed by atoms with van der Waals surface area (Å²) >= 11 is 0. The van der Waals surface area contributed by atoms with E-state index in [0.29, 0.717) is 24.4 Å². The van der Waals surface area contributed by atoms with Crippen molar-refractivity contribution < 1.29 is 14.3 Å². The number of benzene rings is 2. The van der Waals surface area contributed by atoms with E-state index in [1.54, 1.807) is 36.3 Å². The minimum Gasteiger partial charge on any atom is -0.497 e. The molecule has 6 nitrogen and oxygen atoms in total. The van der Waals surface area contributed by atoms with Gasteiger partial charge in [0.25, 0.3) is 0 Å². The van der Waals surface area contributed by atoms with Crippen molar-refractivity contribution in [3.8, 4) is 5.75 Å². The van der Waals surface area contributed by atoms with E-state index < -0.39 is 12.1 Å². The highest BCUT2D eigenvalue weighted by Gasteiger charge is 2.33. The minimum absolute atomic E-state index is 0.0872. The fourth-order valence-electron chi connectivity index (χ4n) is 3.20. The number of hydrogen-bond donors (Lipinski definition) is 2. The van der Waals surface area contributed by atoms with Crippen LogP contribution in [0.2, 0.25) is 0 Å². The van der Waals surface area contributed by atoms with Gasteiger partial charge >= 0.3 is 6.03 Å². The van der Waals surface area contributed by atoms with Gasteiger partial charge in [-0.05, 0) is 55.7 Å². The highest BCUT2D eigenvalue weighted by atomic mass is 16.5. The number of carbonyl (C=O) groups is 2. The van der Waals surface area contributed by atoms with E-state index in [2.05, 4.69) is 16.7 Å². The van der Waals surface area contributed by atoms with Gasteiger partial charge in [-0.15, -0.1) is 0 Å². The number of nitrogens with one attached hydrogen (secondary N) is 2. The molecule has 1 atom stereocenters. The zero-order valence-electron chi connectivity index (χ0n) is 15.2. The molecule has 2 aromatic rings. The number of anilines is 2. The fourth-order valence-corrected chi connectivity index (χ4v) is 3.20. The third kappa shape index (κ3) is 3.96. The summed E-state index contributed by atoms with van der Waals surface area (Å²) in [6, 6.07) is 12.2. The molecule has 1 aliphatic heterocycles. The lowest BCUT2D eigenvalue weighted by atomic mass is 10.1. The monoisotopic (exact) mass is 353 g/mol. The van der Waals surface area contributed by atoms with Crippen molar-refractivity contribution in [2.24, 2.45) is 0 Å². The van der Waals surface area contributed by atoms with Gasteiger partial charge in [-0.3, -0.25) is 4.79 Å². The summed E-state index contributed by atoms with van der Waals surface area (Å²) in [5.41, 5.74) is 3.71. The van der Waals surface area contributed by atoms with Gasteiger partial charge in [0.15, 0.2) is 0 Å². The number of rotatable bonds is 4. The number of methoxy groups -OCH3 is 1. The van der Waals surface area contributed by atoms with Crippen molar-refractivity contribution in [2.75, 3.05) is 23.9 Å². The van der Waals surface area contributed by atoms with E-state index in [1.807, 2.05) is 26.0 Å². The summed E-state index contributed by atoms with van der Waals surface area (Å²) in [4.78, 5) is 26.6. The summed E-state index contributed by atoms with van der Waals surface area (Å²) in [7, 11) is 1.57. The molecule has 0 aromatic heterocycles. The molecule has 2 N–H and O–H groups in total. The molecule has 3 amide bonds. The van der Waals surface area contributed by atoms with Crippen LogP contribution in [0.1, 0.15) is 17.5 Å². The van der Waals surface area contributed by atoms with Gasteiger partial charge in [0, 0.05) is 24.0 Å². The van der Waals surface area contributed by atoms with Gasteiger partial charge in [0.1, 0.15) is 11.8 Å². The van der Waals surface area contributed by atoms with E-state index in [-0.39, 0.29) is 5.91 Å². The lowest BCUT2D eigenvalue weighted by Gasteiger charge is -2.18. The van der Waals surface area contributed by atoms with Crippen LogP contribution >= 0.6 is 0 Å². The first kappa shape index (κ1) is 17.8. The molecule has 136 valence electrons. The van der Waals surface area contributed by atoms with Crippen molar-refractivity contribution in [3.63, 3.8) is 0 Å². The Morgan fingerprint density at radius 2 is 1.88 bits per heavy atom. The zero-order chi connectivity index (χ0) is 18.7. The van der Waals surface area contributed by atoms with E-state index >= 15 is 0 Å². The normalized spacial score (nSPS) is 16.5. The molecule has 0 bridgehead atoms. The van der Waals surface area contributed by atoms with E-state index in [9.17, 15) is 9.59 Å². The molecule has 1 aliphatic rings. The summed E-state index contributed by atoms with van der Waals surface area (Å²) in [6.07, 6.45) is 0.581. The van der Waals surface area contributed by atoms with Gasteiger partial charge in [-0.2, -0.15) is 0 Å². The molecule has 0 aliphatic carbocycles. The highest BCUT2D eigenvalue weighted by molar-refractivity contribution is 6.02. The maximum Gasteiger partial charge on any atom is 0.319 e. The Bertz CT molecular complexity index is 815. The fraction of sp³-hybridized carbons (Fsp3) is 0.300. The molecule has 6 heteroatoms. The molecule has 0 unspecified atom stereocenters. The van der Waals surface area contributed by atoms with Gasteiger partial charge < -0.3 is 20.3 Å². The number of nitrogens with zero attached hydrogens (tertiary/aromatic N) is 1. The average Bonchev–Trinajstić information content (AvgIpc) is 2.94. The Morgan fingerprint density at radius 1 is 1.15 bits per heavy atom. The van der Waals surface area contributed by atoms with Crippen LogP contribution in [0.15, 0.2) is 42.5 Å². The minimum atomic E-state index is -0.526. The molecule has 0 radical (unpaired) electrons. The first-order valence-corrected chi connectivity index (χ1v) is 8.57. The van der Waals surface area contributed by atoms with Crippen LogP contribution in [-0.2, 0) is 4.79 Å². The topological polar surface area (TPSA) is 70.7 Å². The second-order valence-corrected chi connectivity index (χ2v) is 6.51. The van der Waals surface area contributed by atoms with Crippen molar-refractivity contribution in [1.29, 1.82) is 0 Å². The molecule has 1 fully saturated rings. The number of ether oxygens (including phenoxy) is 1. The molecular formula is C20H23N3O3. The van der Waals surface area contributed by atoms with Crippen LogP contribution in [0.5, 0.6) is 5.75 Å². The van der Waals surface area contributed by atoms with Crippen molar-refractivity contribution >= 4 is 23.3 Å². The van der Waals surface area contributed by atoms with Crippen LogP contribution in [-0.4, -0.2) is 31.6 Å². The first-order valence-electron chi connectivity index (χ1n) is 8.57. The zero-order valence-corrected chi connectivity index (χ0v) is 15.2. The van der Waals surface area contributed by atoms with Gasteiger partial charge in [0.2, 0.25) is 5.91 Å². The number of urea groups is 1. The molecule has 26 heavy (non-hydrogen) atoms. The van der Waals surface area contributed by atoms with E-state index in [4.69, 9.17) is 4.74 Å². The van der Waals surface area contributed by atoms with E-state index in [1.165, 1.54) is 0 Å². The number of hydrogen-bond acceptors (Lipinski definition) is 3. The lowest BCUT2D eigenvalue weighted by molar-refractivity contribution is -0.118. The quantitative estimate of drug-likeness (QED) is 0.886. The number of amides is 3.